The highest BCUT2D eigenvalue weighted by Gasteiger charge is 2.13. The molecule has 3 heteroatoms. The lowest BCUT2D eigenvalue weighted by molar-refractivity contribution is 0.617. The largest absolute Gasteiger partial charge is 0.324 e. The number of halogens is 2. The molecule has 0 aliphatic carbocycles. The van der Waals surface area contributed by atoms with Crippen LogP contribution in [-0.2, 0) is 6.42 Å². The molecule has 1 nitrogen and oxygen atoms in total. The fraction of sp³-hybridized carbons (Fsp3) is 0.250. The Morgan fingerprint density at radius 1 is 1.16 bits per heavy atom. The Hall–Kier alpha value is -1.19. The Morgan fingerprint density at radius 3 is 2.63 bits per heavy atom. The summed E-state index contributed by atoms with van der Waals surface area (Å²) in [6.07, 6.45) is 0.704. The summed E-state index contributed by atoms with van der Waals surface area (Å²) in [7, 11) is 0. The second-order valence-electron chi connectivity index (χ2n) is 4.91. The molecule has 0 saturated carbocycles. The summed E-state index contributed by atoms with van der Waals surface area (Å²) in [4.78, 5) is 0. The summed E-state index contributed by atoms with van der Waals surface area (Å²) in [5.41, 5.74) is 10.7. The summed E-state index contributed by atoms with van der Waals surface area (Å²) in [5.74, 6) is -0.255. The van der Waals surface area contributed by atoms with E-state index in [1.54, 1.807) is 6.07 Å². The molecule has 100 valence electrons. The Balaban J connectivity index is 2.27. The summed E-state index contributed by atoms with van der Waals surface area (Å²) < 4.78 is 14.2. The van der Waals surface area contributed by atoms with Gasteiger partial charge in [0.25, 0.3) is 0 Å². The Kier molecular flexibility index (Phi) is 4.38. The Bertz CT molecular complexity index is 595. The third-order valence-electron chi connectivity index (χ3n) is 3.30. The van der Waals surface area contributed by atoms with Gasteiger partial charge in [-0.25, -0.2) is 4.39 Å². The van der Waals surface area contributed by atoms with Crippen molar-refractivity contribution in [2.45, 2.75) is 26.3 Å². The van der Waals surface area contributed by atoms with Crippen LogP contribution in [0.4, 0.5) is 4.39 Å². The van der Waals surface area contributed by atoms with Gasteiger partial charge >= 0.3 is 0 Å². The lowest BCUT2D eigenvalue weighted by Crippen LogP contribution is -2.15. The molecule has 0 spiro atoms. The van der Waals surface area contributed by atoms with E-state index in [1.807, 2.05) is 0 Å². The van der Waals surface area contributed by atoms with E-state index in [9.17, 15) is 4.39 Å². The molecular weight excluding hydrogens is 305 g/mol. The highest BCUT2D eigenvalue weighted by atomic mass is 79.9. The first-order chi connectivity index (χ1) is 8.97. The smallest absolute Gasteiger partial charge is 0.123 e. The lowest BCUT2D eigenvalue weighted by Gasteiger charge is -2.16. The normalized spacial score (nSPS) is 12.5. The molecule has 0 radical (unpaired) electrons. The summed E-state index contributed by atoms with van der Waals surface area (Å²) in [6.45, 7) is 4.13. The first-order valence-corrected chi connectivity index (χ1v) is 7.03. The molecule has 2 N–H and O–H groups in total. The SMILES string of the molecule is Cc1ccc(C)c(CC(N)c2cc(F)ccc2Br)c1. The number of rotatable bonds is 3. The van der Waals surface area contributed by atoms with Crippen molar-refractivity contribution in [1.82, 2.24) is 0 Å². The zero-order valence-electron chi connectivity index (χ0n) is 11.1. The van der Waals surface area contributed by atoms with Gasteiger partial charge in [-0.1, -0.05) is 39.7 Å². The van der Waals surface area contributed by atoms with Crippen molar-refractivity contribution in [1.29, 1.82) is 0 Å². The van der Waals surface area contributed by atoms with Gasteiger partial charge in [-0.05, 0) is 55.2 Å². The monoisotopic (exact) mass is 321 g/mol. The fourth-order valence-electron chi connectivity index (χ4n) is 2.17. The van der Waals surface area contributed by atoms with Crippen LogP contribution in [-0.4, -0.2) is 0 Å². The van der Waals surface area contributed by atoms with Crippen molar-refractivity contribution in [2.24, 2.45) is 5.73 Å². The maximum atomic E-state index is 13.3. The van der Waals surface area contributed by atoms with Gasteiger partial charge in [-0.2, -0.15) is 0 Å². The van der Waals surface area contributed by atoms with Crippen LogP contribution in [0.2, 0.25) is 0 Å². The van der Waals surface area contributed by atoms with Crippen molar-refractivity contribution < 1.29 is 4.39 Å². The van der Waals surface area contributed by atoms with Crippen LogP contribution in [0.5, 0.6) is 0 Å². The molecule has 0 fully saturated rings. The molecular formula is C16H17BrFN. The highest BCUT2D eigenvalue weighted by molar-refractivity contribution is 9.10. The second kappa shape index (κ2) is 5.85. The lowest BCUT2D eigenvalue weighted by atomic mass is 9.95. The van der Waals surface area contributed by atoms with E-state index >= 15 is 0 Å². The van der Waals surface area contributed by atoms with E-state index in [0.29, 0.717) is 6.42 Å². The van der Waals surface area contributed by atoms with Crippen LogP contribution in [0, 0.1) is 19.7 Å². The molecule has 1 unspecified atom stereocenters. The van der Waals surface area contributed by atoms with E-state index in [0.717, 1.165) is 10.0 Å². The minimum Gasteiger partial charge on any atom is -0.324 e. The number of benzene rings is 2. The molecule has 0 aromatic heterocycles. The van der Waals surface area contributed by atoms with Crippen LogP contribution in [0.15, 0.2) is 40.9 Å². The molecule has 0 saturated heterocycles. The Labute approximate surface area is 121 Å². The van der Waals surface area contributed by atoms with E-state index in [-0.39, 0.29) is 11.9 Å². The molecule has 0 amide bonds. The van der Waals surface area contributed by atoms with Crippen LogP contribution < -0.4 is 5.73 Å². The summed E-state index contributed by atoms with van der Waals surface area (Å²) in [6, 6.07) is 10.7. The fourth-order valence-corrected chi connectivity index (χ4v) is 2.71. The summed E-state index contributed by atoms with van der Waals surface area (Å²) in [5, 5.41) is 0. The summed E-state index contributed by atoms with van der Waals surface area (Å²) >= 11 is 3.43. The van der Waals surface area contributed by atoms with E-state index in [1.165, 1.54) is 28.8 Å². The number of aryl methyl sites for hydroxylation is 2. The zero-order valence-corrected chi connectivity index (χ0v) is 12.7. The van der Waals surface area contributed by atoms with Gasteiger partial charge in [0.1, 0.15) is 5.82 Å². The van der Waals surface area contributed by atoms with Crippen LogP contribution in [0.3, 0.4) is 0 Å². The third kappa shape index (κ3) is 3.43. The molecule has 2 rings (SSSR count). The first kappa shape index (κ1) is 14.2. The van der Waals surface area contributed by atoms with Gasteiger partial charge in [-0.3, -0.25) is 0 Å². The minimum atomic E-state index is -0.255. The van der Waals surface area contributed by atoms with Crippen molar-refractivity contribution in [3.05, 3.63) is 68.9 Å². The van der Waals surface area contributed by atoms with Gasteiger partial charge in [-0.15, -0.1) is 0 Å². The van der Waals surface area contributed by atoms with Crippen LogP contribution in [0.1, 0.15) is 28.3 Å². The average Bonchev–Trinajstić information content (AvgIpc) is 2.36. The van der Waals surface area contributed by atoms with E-state index in [4.69, 9.17) is 5.73 Å². The molecule has 19 heavy (non-hydrogen) atoms. The maximum Gasteiger partial charge on any atom is 0.123 e. The standard InChI is InChI=1S/C16H17BrFN/c1-10-3-4-11(2)12(7-10)8-16(19)14-9-13(18)5-6-15(14)17/h3-7,9,16H,8,19H2,1-2H3. The molecule has 0 aliphatic rings. The molecule has 2 aromatic rings. The average molecular weight is 322 g/mol. The quantitative estimate of drug-likeness (QED) is 0.888. The predicted molar refractivity (Wildman–Crippen MR) is 80.6 cm³/mol. The predicted octanol–water partition coefficient (Wildman–Crippen LogP) is 4.45. The Morgan fingerprint density at radius 2 is 1.89 bits per heavy atom. The van der Waals surface area contributed by atoms with E-state index in [2.05, 4.69) is 48.0 Å². The van der Waals surface area contributed by atoms with Gasteiger partial charge < -0.3 is 5.73 Å². The van der Waals surface area contributed by atoms with Gasteiger partial charge in [0.2, 0.25) is 0 Å². The van der Waals surface area contributed by atoms with Crippen LogP contribution >= 0.6 is 15.9 Å². The first-order valence-electron chi connectivity index (χ1n) is 6.24. The van der Waals surface area contributed by atoms with E-state index < -0.39 is 0 Å². The zero-order chi connectivity index (χ0) is 14.0. The van der Waals surface area contributed by atoms with Gasteiger partial charge in [0.05, 0.1) is 0 Å². The molecule has 2 aromatic carbocycles. The third-order valence-corrected chi connectivity index (χ3v) is 4.02. The topological polar surface area (TPSA) is 26.0 Å². The number of hydrogen-bond donors (Lipinski definition) is 1. The second-order valence-corrected chi connectivity index (χ2v) is 5.76. The molecule has 0 aliphatic heterocycles. The molecule has 1 atom stereocenters. The minimum absolute atomic E-state index is 0.217. The maximum absolute atomic E-state index is 13.3. The van der Waals surface area contributed by atoms with Crippen molar-refractivity contribution >= 4 is 15.9 Å². The highest BCUT2D eigenvalue weighted by Crippen LogP contribution is 2.26. The van der Waals surface area contributed by atoms with Gasteiger partial charge in [0.15, 0.2) is 0 Å². The van der Waals surface area contributed by atoms with Crippen molar-refractivity contribution in [3.63, 3.8) is 0 Å². The molecule has 0 bridgehead atoms. The van der Waals surface area contributed by atoms with Crippen LogP contribution in [0.25, 0.3) is 0 Å². The number of hydrogen-bond acceptors (Lipinski definition) is 1. The van der Waals surface area contributed by atoms with Crippen molar-refractivity contribution in [2.75, 3.05) is 0 Å². The number of nitrogens with two attached hydrogens (primary N) is 1. The van der Waals surface area contributed by atoms with Crippen molar-refractivity contribution in [3.8, 4) is 0 Å². The molecule has 0 heterocycles. The van der Waals surface area contributed by atoms with Gasteiger partial charge in [0, 0.05) is 10.5 Å².